The van der Waals surface area contributed by atoms with Gasteiger partial charge in [-0.1, -0.05) is 17.7 Å². The van der Waals surface area contributed by atoms with E-state index in [4.69, 9.17) is 0 Å². The molecule has 1 fully saturated rings. The van der Waals surface area contributed by atoms with Crippen LogP contribution in [0.4, 0.5) is 11.4 Å². The van der Waals surface area contributed by atoms with Gasteiger partial charge in [0.2, 0.25) is 21.8 Å². The number of fused-ring (bicyclic) bond motifs is 1. The van der Waals surface area contributed by atoms with E-state index in [0.29, 0.717) is 44.5 Å². The van der Waals surface area contributed by atoms with Gasteiger partial charge in [0.05, 0.1) is 4.90 Å². The Morgan fingerprint density at radius 2 is 1.77 bits per heavy atom. The van der Waals surface area contributed by atoms with E-state index in [9.17, 15) is 18.0 Å². The largest absolute Gasteiger partial charge is 0.326 e. The number of hydrogen-bond acceptors (Lipinski definition) is 4. The number of nitrogens with zero attached hydrogens (tertiary/aromatic N) is 1. The van der Waals surface area contributed by atoms with Gasteiger partial charge in [0.15, 0.2) is 0 Å². The second-order valence-corrected chi connectivity index (χ2v) is 9.84. The lowest BCUT2D eigenvalue weighted by molar-refractivity contribution is -0.121. The summed E-state index contributed by atoms with van der Waals surface area (Å²) in [5, 5.41) is 5.69. The molecule has 0 unspecified atom stereocenters. The maximum Gasteiger partial charge on any atom is 0.243 e. The highest BCUT2D eigenvalue weighted by Crippen LogP contribution is 2.29. The van der Waals surface area contributed by atoms with Gasteiger partial charge in [-0.05, 0) is 62.1 Å². The van der Waals surface area contributed by atoms with Gasteiger partial charge in [-0.3, -0.25) is 9.59 Å². The van der Waals surface area contributed by atoms with Crippen LogP contribution in [0.15, 0.2) is 47.4 Å². The first-order chi connectivity index (χ1) is 14.3. The average Bonchev–Trinajstić information content (AvgIpc) is 2.75. The van der Waals surface area contributed by atoms with Crippen molar-refractivity contribution in [3.05, 3.63) is 53.6 Å². The molecule has 2 aromatic carbocycles. The van der Waals surface area contributed by atoms with E-state index in [1.807, 2.05) is 31.2 Å². The molecule has 2 amide bonds. The monoisotopic (exact) mass is 427 g/mol. The number of carbonyl (C=O) groups excluding carboxylic acids is 2. The topological polar surface area (TPSA) is 95.6 Å². The molecule has 2 aliphatic heterocycles. The smallest absolute Gasteiger partial charge is 0.243 e. The quantitative estimate of drug-likeness (QED) is 0.784. The first-order valence-electron chi connectivity index (χ1n) is 10.1. The fourth-order valence-corrected chi connectivity index (χ4v) is 5.43. The number of benzene rings is 2. The van der Waals surface area contributed by atoms with E-state index in [1.165, 1.54) is 10.4 Å². The zero-order chi connectivity index (χ0) is 21.3. The predicted octanol–water partition coefficient (Wildman–Crippen LogP) is 2.92. The Hall–Kier alpha value is -2.71. The molecule has 0 radical (unpaired) electrons. The number of anilines is 2. The Balaban J connectivity index is 1.40. The normalized spacial score (nSPS) is 17.8. The Morgan fingerprint density at radius 1 is 1.07 bits per heavy atom. The van der Waals surface area contributed by atoms with Crippen LogP contribution < -0.4 is 10.6 Å². The van der Waals surface area contributed by atoms with Crippen LogP contribution in [0.1, 0.15) is 30.4 Å². The molecule has 158 valence electrons. The van der Waals surface area contributed by atoms with Gasteiger partial charge >= 0.3 is 0 Å². The Kier molecular flexibility index (Phi) is 5.62. The highest BCUT2D eigenvalue weighted by Gasteiger charge is 2.32. The summed E-state index contributed by atoms with van der Waals surface area (Å²) in [6, 6.07) is 12.5. The van der Waals surface area contributed by atoms with Crippen molar-refractivity contribution >= 4 is 33.2 Å². The molecular weight excluding hydrogens is 402 g/mol. The van der Waals surface area contributed by atoms with E-state index in [-0.39, 0.29) is 22.6 Å². The number of piperidine rings is 1. The van der Waals surface area contributed by atoms with Crippen molar-refractivity contribution < 1.29 is 18.0 Å². The first kappa shape index (κ1) is 20.6. The van der Waals surface area contributed by atoms with Gasteiger partial charge in [0.1, 0.15) is 0 Å². The number of nitrogens with one attached hydrogen (secondary N) is 2. The molecule has 30 heavy (non-hydrogen) atoms. The number of amides is 2. The van der Waals surface area contributed by atoms with Gasteiger partial charge in [0.25, 0.3) is 0 Å². The number of rotatable bonds is 4. The van der Waals surface area contributed by atoms with Crippen molar-refractivity contribution in [1.29, 1.82) is 0 Å². The number of sulfonamides is 1. The number of hydrogen-bond donors (Lipinski definition) is 2. The summed E-state index contributed by atoms with van der Waals surface area (Å²) in [5.74, 6) is -0.332. The lowest BCUT2D eigenvalue weighted by Crippen LogP contribution is -2.41. The van der Waals surface area contributed by atoms with Crippen LogP contribution in [-0.2, 0) is 26.0 Å². The summed E-state index contributed by atoms with van der Waals surface area (Å²) in [7, 11) is -3.63. The number of aryl methyl sites for hydroxylation is 2. The summed E-state index contributed by atoms with van der Waals surface area (Å²) in [4.78, 5) is 24.3. The van der Waals surface area contributed by atoms with E-state index in [2.05, 4.69) is 10.6 Å². The maximum atomic E-state index is 13.1. The predicted molar refractivity (Wildman–Crippen MR) is 115 cm³/mol. The SMILES string of the molecule is Cc1ccc(NC(=O)C2CCN(S(=O)(=O)c3ccc4c(c3)CCC(=O)N4)CC2)cc1. The Labute approximate surface area is 176 Å². The van der Waals surface area contributed by atoms with Crippen LogP contribution in [0.5, 0.6) is 0 Å². The highest BCUT2D eigenvalue weighted by atomic mass is 32.2. The molecule has 0 bridgehead atoms. The second-order valence-electron chi connectivity index (χ2n) is 7.90. The van der Waals surface area contributed by atoms with E-state index in [1.54, 1.807) is 12.1 Å². The molecule has 0 saturated carbocycles. The second kappa shape index (κ2) is 8.20. The molecule has 1 saturated heterocycles. The molecule has 4 rings (SSSR count). The van der Waals surface area contributed by atoms with Crippen LogP contribution in [0.3, 0.4) is 0 Å². The van der Waals surface area contributed by atoms with Gasteiger partial charge in [-0.25, -0.2) is 8.42 Å². The standard InChI is InChI=1S/C22H25N3O4S/c1-15-2-5-18(6-3-15)23-22(27)16-10-12-25(13-11-16)30(28,29)19-7-8-20-17(14-19)4-9-21(26)24-20/h2-3,5-8,14,16H,4,9-13H2,1H3,(H,23,27)(H,24,26). The summed E-state index contributed by atoms with van der Waals surface area (Å²) in [6.45, 7) is 2.60. The van der Waals surface area contributed by atoms with E-state index < -0.39 is 10.0 Å². The minimum absolute atomic E-state index is 0.0518. The Bertz CT molecular complexity index is 1070. The van der Waals surface area contributed by atoms with Crippen molar-refractivity contribution in [1.82, 2.24) is 4.31 Å². The molecule has 0 aromatic heterocycles. The van der Waals surface area contributed by atoms with Crippen LogP contribution in [0, 0.1) is 12.8 Å². The zero-order valence-corrected chi connectivity index (χ0v) is 17.7. The molecule has 2 aromatic rings. The molecule has 0 aliphatic carbocycles. The van der Waals surface area contributed by atoms with Crippen molar-refractivity contribution in [2.24, 2.45) is 5.92 Å². The fraction of sp³-hybridized carbons (Fsp3) is 0.364. The van der Waals surface area contributed by atoms with Crippen molar-refractivity contribution in [3.63, 3.8) is 0 Å². The summed E-state index contributed by atoms with van der Waals surface area (Å²) in [5.41, 5.74) is 3.39. The van der Waals surface area contributed by atoms with Crippen LogP contribution in [-0.4, -0.2) is 37.6 Å². The molecule has 2 heterocycles. The lowest BCUT2D eigenvalue weighted by atomic mass is 9.97. The fourth-order valence-electron chi connectivity index (χ4n) is 3.91. The minimum atomic E-state index is -3.63. The van der Waals surface area contributed by atoms with Crippen LogP contribution >= 0.6 is 0 Å². The maximum absolute atomic E-state index is 13.1. The third-order valence-corrected chi connectivity index (χ3v) is 7.65. The molecule has 2 N–H and O–H groups in total. The summed E-state index contributed by atoms with van der Waals surface area (Å²) < 4.78 is 27.6. The van der Waals surface area contributed by atoms with Crippen molar-refractivity contribution in [2.45, 2.75) is 37.5 Å². The highest BCUT2D eigenvalue weighted by molar-refractivity contribution is 7.89. The van der Waals surface area contributed by atoms with Crippen molar-refractivity contribution in [2.75, 3.05) is 23.7 Å². The molecule has 8 heteroatoms. The van der Waals surface area contributed by atoms with Crippen molar-refractivity contribution in [3.8, 4) is 0 Å². The summed E-state index contributed by atoms with van der Waals surface area (Å²) >= 11 is 0. The molecule has 7 nitrogen and oxygen atoms in total. The molecule has 0 spiro atoms. The van der Waals surface area contributed by atoms with Gasteiger partial charge in [-0.15, -0.1) is 0 Å². The van der Waals surface area contributed by atoms with Gasteiger partial charge in [-0.2, -0.15) is 4.31 Å². The third-order valence-electron chi connectivity index (χ3n) is 5.75. The molecule has 0 atom stereocenters. The average molecular weight is 428 g/mol. The van der Waals surface area contributed by atoms with E-state index >= 15 is 0 Å². The lowest BCUT2D eigenvalue weighted by Gasteiger charge is -2.31. The van der Waals surface area contributed by atoms with E-state index in [0.717, 1.165) is 16.8 Å². The molecule has 2 aliphatic rings. The minimum Gasteiger partial charge on any atom is -0.326 e. The first-order valence-corrected chi connectivity index (χ1v) is 11.6. The number of carbonyl (C=O) groups is 2. The van der Waals surface area contributed by atoms with Gasteiger partial charge < -0.3 is 10.6 Å². The summed E-state index contributed by atoms with van der Waals surface area (Å²) in [6.07, 6.45) is 1.86. The zero-order valence-electron chi connectivity index (χ0n) is 16.8. The molecular formula is C22H25N3O4S. The van der Waals surface area contributed by atoms with Crippen LogP contribution in [0.2, 0.25) is 0 Å². The van der Waals surface area contributed by atoms with Crippen LogP contribution in [0.25, 0.3) is 0 Å². The third kappa shape index (κ3) is 4.24. The van der Waals surface area contributed by atoms with Gasteiger partial charge in [0, 0.05) is 36.8 Å². The Morgan fingerprint density at radius 3 is 2.47 bits per heavy atom.